The summed E-state index contributed by atoms with van der Waals surface area (Å²) in [4.78, 5) is 12.2. The lowest BCUT2D eigenvalue weighted by molar-refractivity contribution is -0.137. The van der Waals surface area contributed by atoms with Gasteiger partial charge in [0.2, 0.25) is 5.91 Å². The van der Waals surface area contributed by atoms with Crippen LogP contribution < -0.4 is 10.6 Å². The quantitative estimate of drug-likeness (QED) is 0.572. The van der Waals surface area contributed by atoms with E-state index in [1.807, 2.05) is 6.92 Å². The molecule has 158 valence electrons. The number of rotatable bonds is 6. The van der Waals surface area contributed by atoms with Crippen molar-refractivity contribution in [1.82, 2.24) is 15.1 Å². The number of carbonyl (C=O) groups excluding carboxylic acids is 1. The Balaban J connectivity index is 1.62. The highest BCUT2D eigenvalue weighted by atomic mass is 19.4. The average Bonchev–Trinajstić information content (AvgIpc) is 3.08. The van der Waals surface area contributed by atoms with E-state index in [1.54, 1.807) is 29.9 Å². The molecule has 0 fully saturated rings. The Hall–Kier alpha value is -3.36. The molecule has 3 aromatic rings. The number of anilines is 1. The zero-order valence-corrected chi connectivity index (χ0v) is 16.3. The highest BCUT2D eigenvalue weighted by Crippen LogP contribution is 2.30. The second kappa shape index (κ2) is 8.56. The van der Waals surface area contributed by atoms with E-state index in [4.69, 9.17) is 0 Å². The van der Waals surface area contributed by atoms with E-state index in [2.05, 4.69) is 15.7 Å². The molecule has 1 atom stereocenters. The van der Waals surface area contributed by atoms with Crippen LogP contribution in [-0.2, 0) is 11.0 Å². The fourth-order valence-electron chi connectivity index (χ4n) is 3.05. The third kappa shape index (κ3) is 4.97. The van der Waals surface area contributed by atoms with E-state index in [-0.39, 0.29) is 30.0 Å². The summed E-state index contributed by atoms with van der Waals surface area (Å²) in [6.07, 6.45) is -2.83. The maximum absolute atomic E-state index is 13.1. The standard InChI is InChI=1S/C21H20F4N4O/c1-13(19-11-27-29(14(19)2)18-8-6-16(22)7-9-18)28-20(30)12-26-17-5-3-4-15(10-17)21(23,24)25/h3-11,13,26H,12H2,1-2H3,(H,28,30). The molecule has 2 N–H and O–H groups in total. The summed E-state index contributed by atoms with van der Waals surface area (Å²) in [7, 11) is 0. The van der Waals surface area contributed by atoms with Crippen LogP contribution in [0.5, 0.6) is 0 Å². The van der Waals surface area contributed by atoms with Gasteiger partial charge >= 0.3 is 6.18 Å². The van der Waals surface area contributed by atoms with Crippen molar-refractivity contribution >= 4 is 11.6 Å². The topological polar surface area (TPSA) is 59.0 Å². The van der Waals surface area contributed by atoms with Crippen LogP contribution in [0.2, 0.25) is 0 Å². The zero-order valence-electron chi connectivity index (χ0n) is 16.3. The van der Waals surface area contributed by atoms with E-state index >= 15 is 0 Å². The second-order valence-electron chi connectivity index (χ2n) is 6.79. The normalized spacial score (nSPS) is 12.5. The maximum atomic E-state index is 13.1. The highest BCUT2D eigenvalue weighted by molar-refractivity contribution is 5.81. The van der Waals surface area contributed by atoms with Crippen LogP contribution in [0.1, 0.15) is 29.8 Å². The number of amides is 1. The lowest BCUT2D eigenvalue weighted by atomic mass is 10.1. The van der Waals surface area contributed by atoms with Crippen molar-refractivity contribution in [3.8, 4) is 5.69 Å². The second-order valence-corrected chi connectivity index (χ2v) is 6.79. The van der Waals surface area contributed by atoms with Gasteiger partial charge in [-0.2, -0.15) is 18.3 Å². The van der Waals surface area contributed by atoms with E-state index in [9.17, 15) is 22.4 Å². The van der Waals surface area contributed by atoms with E-state index in [0.29, 0.717) is 5.69 Å². The van der Waals surface area contributed by atoms with Gasteiger partial charge in [-0.15, -0.1) is 0 Å². The van der Waals surface area contributed by atoms with E-state index in [1.165, 1.54) is 24.3 Å². The van der Waals surface area contributed by atoms with Crippen molar-refractivity contribution in [3.05, 3.63) is 77.4 Å². The van der Waals surface area contributed by atoms with Crippen LogP contribution in [0.4, 0.5) is 23.2 Å². The molecule has 0 aliphatic heterocycles. The molecule has 0 saturated carbocycles. The van der Waals surface area contributed by atoms with Gasteiger partial charge < -0.3 is 10.6 Å². The number of halogens is 4. The Bertz CT molecular complexity index is 1030. The molecule has 9 heteroatoms. The summed E-state index contributed by atoms with van der Waals surface area (Å²) in [5.74, 6) is -0.730. The number of nitrogens with one attached hydrogen (secondary N) is 2. The minimum atomic E-state index is -4.45. The van der Waals surface area contributed by atoms with Crippen LogP contribution in [0.25, 0.3) is 5.69 Å². The van der Waals surface area contributed by atoms with Gasteiger partial charge in [-0.1, -0.05) is 6.07 Å². The monoisotopic (exact) mass is 420 g/mol. The fraction of sp³-hybridized carbons (Fsp3) is 0.238. The van der Waals surface area contributed by atoms with Crippen LogP contribution in [-0.4, -0.2) is 22.2 Å². The Morgan fingerprint density at radius 1 is 1.17 bits per heavy atom. The largest absolute Gasteiger partial charge is 0.416 e. The minimum absolute atomic E-state index is 0.184. The van der Waals surface area contributed by atoms with Gasteiger partial charge in [-0.3, -0.25) is 4.79 Å². The molecule has 0 bridgehead atoms. The van der Waals surface area contributed by atoms with Crippen LogP contribution in [0, 0.1) is 12.7 Å². The number of alkyl halides is 3. The Morgan fingerprint density at radius 2 is 1.87 bits per heavy atom. The number of nitrogens with zero attached hydrogens (tertiary/aromatic N) is 2. The Morgan fingerprint density at radius 3 is 2.53 bits per heavy atom. The molecular formula is C21H20F4N4O. The summed E-state index contributed by atoms with van der Waals surface area (Å²) < 4.78 is 53.1. The van der Waals surface area contributed by atoms with Crippen molar-refractivity contribution in [3.63, 3.8) is 0 Å². The molecule has 0 saturated heterocycles. The lowest BCUT2D eigenvalue weighted by Gasteiger charge is -2.15. The summed E-state index contributed by atoms with van der Waals surface area (Å²) >= 11 is 0. The first-order chi connectivity index (χ1) is 14.1. The van der Waals surface area contributed by atoms with Gasteiger partial charge in [-0.25, -0.2) is 9.07 Å². The first-order valence-electron chi connectivity index (χ1n) is 9.16. The van der Waals surface area contributed by atoms with Crippen LogP contribution in [0.3, 0.4) is 0 Å². The van der Waals surface area contributed by atoms with Crippen molar-refractivity contribution in [2.45, 2.75) is 26.1 Å². The Kier molecular flexibility index (Phi) is 6.09. The predicted molar refractivity (Wildman–Crippen MR) is 105 cm³/mol. The molecule has 1 heterocycles. The molecular weight excluding hydrogens is 400 g/mol. The van der Waals surface area contributed by atoms with Gasteiger partial charge in [0.1, 0.15) is 5.82 Å². The molecule has 0 spiro atoms. The molecule has 3 rings (SSSR count). The summed E-state index contributed by atoms with van der Waals surface area (Å²) in [5, 5.41) is 9.78. The first kappa shape index (κ1) is 21.4. The van der Waals surface area contributed by atoms with Crippen LogP contribution >= 0.6 is 0 Å². The van der Waals surface area contributed by atoms with Crippen LogP contribution in [0.15, 0.2) is 54.7 Å². The summed E-state index contributed by atoms with van der Waals surface area (Å²) in [6.45, 7) is 3.42. The molecule has 2 aromatic carbocycles. The number of hydrogen-bond donors (Lipinski definition) is 2. The van der Waals surface area contributed by atoms with E-state index < -0.39 is 11.7 Å². The maximum Gasteiger partial charge on any atom is 0.416 e. The van der Waals surface area contributed by atoms with Crippen molar-refractivity contribution in [2.24, 2.45) is 0 Å². The summed E-state index contributed by atoms with van der Waals surface area (Å²) in [5.41, 5.74) is 1.65. The highest BCUT2D eigenvalue weighted by Gasteiger charge is 2.30. The van der Waals surface area contributed by atoms with Crippen molar-refractivity contribution < 1.29 is 22.4 Å². The van der Waals surface area contributed by atoms with E-state index in [0.717, 1.165) is 23.4 Å². The third-order valence-corrected chi connectivity index (χ3v) is 4.61. The van der Waals surface area contributed by atoms with Gasteiger partial charge in [0.25, 0.3) is 0 Å². The molecule has 0 aliphatic carbocycles. The van der Waals surface area contributed by atoms with Gasteiger partial charge in [0, 0.05) is 16.9 Å². The number of hydrogen-bond acceptors (Lipinski definition) is 3. The number of aromatic nitrogens is 2. The average molecular weight is 420 g/mol. The number of benzene rings is 2. The van der Waals surface area contributed by atoms with Gasteiger partial charge in [0.05, 0.1) is 30.0 Å². The van der Waals surface area contributed by atoms with Gasteiger partial charge in [0.15, 0.2) is 0 Å². The third-order valence-electron chi connectivity index (χ3n) is 4.61. The SMILES string of the molecule is Cc1c(C(C)NC(=O)CNc2cccc(C(F)(F)F)c2)cnn1-c1ccc(F)cc1. The molecule has 30 heavy (non-hydrogen) atoms. The van der Waals surface area contributed by atoms with Gasteiger partial charge in [-0.05, 0) is 56.3 Å². The predicted octanol–water partition coefficient (Wildman–Crippen LogP) is 4.63. The fourth-order valence-corrected chi connectivity index (χ4v) is 3.05. The lowest BCUT2D eigenvalue weighted by Crippen LogP contribution is -2.32. The smallest absolute Gasteiger partial charge is 0.376 e. The van der Waals surface area contributed by atoms with Crippen molar-refractivity contribution in [1.29, 1.82) is 0 Å². The first-order valence-corrected chi connectivity index (χ1v) is 9.16. The Labute approximate surface area is 170 Å². The molecule has 0 radical (unpaired) electrons. The molecule has 1 unspecified atom stereocenters. The summed E-state index contributed by atoms with van der Waals surface area (Å²) in [6, 6.07) is 10.1. The molecule has 5 nitrogen and oxygen atoms in total. The molecule has 1 aromatic heterocycles. The zero-order chi connectivity index (χ0) is 21.9. The minimum Gasteiger partial charge on any atom is -0.376 e. The van der Waals surface area contributed by atoms with Crippen molar-refractivity contribution in [2.75, 3.05) is 11.9 Å². The molecule has 1 amide bonds. The molecule has 0 aliphatic rings. The number of carbonyl (C=O) groups is 1.